The van der Waals surface area contributed by atoms with E-state index < -0.39 is 31.6 Å². The summed E-state index contributed by atoms with van der Waals surface area (Å²) >= 11 is 0.367. The first kappa shape index (κ1) is 14.0. The van der Waals surface area contributed by atoms with E-state index in [4.69, 9.17) is 5.11 Å². The molecule has 0 fully saturated rings. The van der Waals surface area contributed by atoms with E-state index in [2.05, 4.69) is 9.36 Å². The second-order valence-corrected chi connectivity index (χ2v) is 3.69. The van der Waals surface area contributed by atoms with E-state index in [-0.39, 0.29) is 11.7 Å². The van der Waals surface area contributed by atoms with Gasteiger partial charge in [-0.15, -0.1) is 0 Å². The van der Waals surface area contributed by atoms with E-state index in [0.29, 0.717) is 11.5 Å². The van der Waals surface area contributed by atoms with Crippen molar-refractivity contribution in [2.75, 3.05) is 24.6 Å². The molecule has 98 valence electrons. The van der Waals surface area contributed by atoms with Crippen LogP contribution < -0.4 is 4.90 Å². The SMILES string of the molecule is OCCN(CC(F)F)c1nc(C(F)(F)F)ns1. The Bertz CT molecular complexity index is 356. The van der Waals surface area contributed by atoms with Crippen molar-refractivity contribution < 1.29 is 27.1 Å². The quantitative estimate of drug-likeness (QED) is 0.831. The van der Waals surface area contributed by atoms with Crippen molar-refractivity contribution in [3.05, 3.63) is 5.82 Å². The molecule has 4 nitrogen and oxygen atoms in total. The molecule has 1 rings (SSSR count). The van der Waals surface area contributed by atoms with Crippen molar-refractivity contribution in [1.82, 2.24) is 9.36 Å². The number of rotatable bonds is 5. The third-order valence-electron chi connectivity index (χ3n) is 1.67. The van der Waals surface area contributed by atoms with Crippen LogP contribution in [0, 0.1) is 0 Å². The van der Waals surface area contributed by atoms with Gasteiger partial charge < -0.3 is 10.0 Å². The highest BCUT2D eigenvalue weighted by atomic mass is 32.1. The number of aliphatic hydroxyl groups excluding tert-OH is 1. The van der Waals surface area contributed by atoms with Crippen LogP contribution >= 0.6 is 11.5 Å². The number of halogens is 5. The standard InChI is InChI=1S/C7H8F5N3OS/c8-4(9)3-15(1-2-16)6-13-5(14-17-6)7(10,11)12/h4,16H,1-3H2. The molecular formula is C7H8F5N3OS. The Balaban J connectivity index is 2.84. The second-order valence-electron chi connectivity index (χ2n) is 2.96. The highest BCUT2D eigenvalue weighted by Crippen LogP contribution is 2.30. The van der Waals surface area contributed by atoms with Crippen LogP contribution in [0.3, 0.4) is 0 Å². The van der Waals surface area contributed by atoms with Crippen LogP contribution in [-0.4, -0.2) is 40.6 Å². The van der Waals surface area contributed by atoms with Gasteiger partial charge in [-0.2, -0.15) is 22.5 Å². The van der Waals surface area contributed by atoms with Gasteiger partial charge in [0, 0.05) is 18.1 Å². The van der Waals surface area contributed by atoms with Gasteiger partial charge in [-0.3, -0.25) is 0 Å². The van der Waals surface area contributed by atoms with Crippen LogP contribution in [0.4, 0.5) is 27.1 Å². The molecule has 1 heterocycles. The first-order chi connectivity index (χ1) is 7.84. The van der Waals surface area contributed by atoms with Crippen molar-refractivity contribution in [2.24, 2.45) is 0 Å². The number of nitrogens with zero attached hydrogens (tertiary/aromatic N) is 3. The number of aromatic nitrogens is 2. The molecule has 0 radical (unpaired) electrons. The molecule has 0 aliphatic rings. The van der Waals surface area contributed by atoms with Crippen LogP contribution in [0.15, 0.2) is 0 Å². The Morgan fingerprint density at radius 1 is 1.35 bits per heavy atom. The topological polar surface area (TPSA) is 49.2 Å². The van der Waals surface area contributed by atoms with Gasteiger partial charge in [-0.25, -0.2) is 8.78 Å². The lowest BCUT2D eigenvalue weighted by Gasteiger charge is -2.19. The maximum atomic E-state index is 12.2. The lowest BCUT2D eigenvalue weighted by Crippen LogP contribution is -2.31. The molecule has 0 spiro atoms. The molecule has 10 heteroatoms. The molecule has 0 aliphatic heterocycles. The lowest BCUT2D eigenvalue weighted by atomic mass is 10.5. The van der Waals surface area contributed by atoms with E-state index in [0.717, 1.165) is 4.90 Å². The van der Waals surface area contributed by atoms with Gasteiger partial charge in [0.05, 0.1) is 13.2 Å². The van der Waals surface area contributed by atoms with Crippen LogP contribution in [0.2, 0.25) is 0 Å². The number of hydrogen-bond donors (Lipinski definition) is 1. The zero-order valence-electron chi connectivity index (χ0n) is 8.29. The molecule has 1 aromatic rings. The van der Waals surface area contributed by atoms with E-state index in [1.54, 1.807) is 0 Å². The molecule has 0 aromatic carbocycles. The largest absolute Gasteiger partial charge is 0.452 e. The van der Waals surface area contributed by atoms with Crippen molar-refractivity contribution in [3.8, 4) is 0 Å². The fourth-order valence-corrected chi connectivity index (χ4v) is 1.73. The normalized spacial score (nSPS) is 12.2. The highest BCUT2D eigenvalue weighted by Gasteiger charge is 2.36. The summed E-state index contributed by atoms with van der Waals surface area (Å²) < 4.78 is 63.9. The summed E-state index contributed by atoms with van der Waals surface area (Å²) in [5.74, 6) is -1.37. The summed E-state index contributed by atoms with van der Waals surface area (Å²) in [5, 5.41) is 8.34. The lowest BCUT2D eigenvalue weighted by molar-refractivity contribution is -0.144. The first-order valence-corrected chi connectivity index (χ1v) is 5.16. The Kier molecular flexibility index (Phi) is 4.57. The molecule has 0 atom stereocenters. The van der Waals surface area contributed by atoms with Gasteiger partial charge in [0.25, 0.3) is 6.43 Å². The number of alkyl halides is 5. The molecule has 0 unspecified atom stereocenters. The minimum Gasteiger partial charge on any atom is -0.395 e. The molecule has 0 amide bonds. The number of aliphatic hydroxyl groups is 1. The van der Waals surface area contributed by atoms with E-state index in [9.17, 15) is 22.0 Å². The van der Waals surface area contributed by atoms with Gasteiger partial charge in [0.2, 0.25) is 11.0 Å². The van der Waals surface area contributed by atoms with Crippen LogP contribution in [0.5, 0.6) is 0 Å². The molecule has 17 heavy (non-hydrogen) atoms. The van der Waals surface area contributed by atoms with Crippen LogP contribution in [0.1, 0.15) is 5.82 Å². The Morgan fingerprint density at radius 3 is 2.41 bits per heavy atom. The predicted octanol–water partition coefficient (Wildman–Crippen LogP) is 1.62. The molecular weight excluding hydrogens is 269 g/mol. The van der Waals surface area contributed by atoms with Gasteiger partial charge >= 0.3 is 6.18 Å². The third-order valence-corrected chi connectivity index (χ3v) is 2.44. The van der Waals surface area contributed by atoms with Gasteiger partial charge in [-0.1, -0.05) is 0 Å². The summed E-state index contributed by atoms with van der Waals surface area (Å²) in [7, 11) is 0. The summed E-state index contributed by atoms with van der Waals surface area (Å²) in [6.45, 7) is -1.49. The molecule has 1 N–H and O–H groups in total. The van der Waals surface area contributed by atoms with Crippen LogP contribution in [0.25, 0.3) is 0 Å². The number of anilines is 1. The number of hydrogen-bond acceptors (Lipinski definition) is 5. The van der Waals surface area contributed by atoms with Crippen molar-refractivity contribution in [1.29, 1.82) is 0 Å². The molecule has 0 saturated heterocycles. The Morgan fingerprint density at radius 2 is 2.00 bits per heavy atom. The van der Waals surface area contributed by atoms with Crippen molar-refractivity contribution >= 4 is 16.7 Å². The highest BCUT2D eigenvalue weighted by molar-refractivity contribution is 7.09. The average molecular weight is 277 g/mol. The van der Waals surface area contributed by atoms with E-state index >= 15 is 0 Å². The van der Waals surface area contributed by atoms with E-state index in [1.165, 1.54) is 0 Å². The predicted molar refractivity (Wildman–Crippen MR) is 50.2 cm³/mol. The fraction of sp³-hybridized carbons (Fsp3) is 0.714. The molecule has 0 saturated carbocycles. The third kappa shape index (κ3) is 4.04. The molecule has 0 aliphatic carbocycles. The molecule has 1 aromatic heterocycles. The van der Waals surface area contributed by atoms with Crippen molar-refractivity contribution in [2.45, 2.75) is 12.6 Å². The van der Waals surface area contributed by atoms with Crippen molar-refractivity contribution in [3.63, 3.8) is 0 Å². The van der Waals surface area contributed by atoms with Gasteiger partial charge in [0.15, 0.2) is 0 Å². The second kappa shape index (κ2) is 5.54. The smallest absolute Gasteiger partial charge is 0.395 e. The molecule has 0 bridgehead atoms. The first-order valence-electron chi connectivity index (χ1n) is 4.39. The zero-order valence-corrected chi connectivity index (χ0v) is 9.10. The zero-order chi connectivity index (χ0) is 13.1. The van der Waals surface area contributed by atoms with Crippen LogP contribution in [-0.2, 0) is 6.18 Å². The summed E-state index contributed by atoms with van der Waals surface area (Å²) in [6, 6.07) is 0. The summed E-state index contributed by atoms with van der Waals surface area (Å²) in [6.07, 6.45) is -7.44. The average Bonchev–Trinajstić information content (AvgIpc) is 2.64. The maximum Gasteiger partial charge on any atom is 0.452 e. The fourth-order valence-electron chi connectivity index (χ4n) is 1.01. The van der Waals surface area contributed by atoms with E-state index in [1.807, 2.05) is 0 Å². The maximum absolute atomic E-state index is 12.2. The minimum absolute atomic E-state index is 0.225. The summed E-state index contributed by atoms with van der Waals surface area (Å²) in [4.78, 5) is 3.98. The Labute approximate surface area is 96.9 Å². The van der Waals surface area contributed by atoms with Gasteiger partial charge in [-0.05, 0) is 0 Å². The monoisotopic (exact) mass is 277 g/mol. The summed E-state index contributed by atoms with van der Waals surface area (Å²) in [5.41, 5.74) is 0. The Hall–Kier alpha value is -1.03. The van der Waals surface area contributed by atoms with Gasteiger partial charge in [0.1, 0.15) is 0 Å². The minimum atomic E-state index is -4.70.